The number of ketones is 1. The first-order valence-electron chi connectivity index (χ1n) is 11.6. The highest BCUT2D eigenvalue weighted by molar-refractivity contribution is 5.84. The Morgan fingerprint density at radius 3 is 2.56 bits per heavy atom. The van der Waals surface area contributed by atoms with Gasteiger partial charge in [0.1, 0.15) is 5.78 Å². The van der Waals surface area contributed by atoms with Crippen molar-refractivity contribution in [3.63, 3.8) is 0 Å². The van der Waals surface area contributed by atoms with Gasteiger partial charge in [-0.25, -0.2) is 0 Å². The van der Waals surface area contributed by atoms with Crippen LogP contribution in [0.25, 0.3) is 0 Å². The van der Waals surface area contributed by atoms with Crippen molar-refractivity contribution < 1.29 is 19.4 Å². The topological polar surface area (TPSA) is 55.8 Å². The maximum absolute atomic E-state index is 13.3. The van der Waals surface area contributed by atoms with Crippen LogP contribution in [0, 0.1) is 23.7 Å². The molecule has 156 valence electrons. The zero-order valence-corrected chi connectivity index (χ0v) is 17.2. The number of fused-ring (bicyclic) bond motifs is 1. The first kappa shape index (κ1) is 21.3. The summed E-state index contributed by atoms with van der Waals surface area (Å²) in [7, 11) is 0. The van der Waals surface area contributed by atoms with Crippen molar-refractivity contribution in [1.82, 2.24) is 0 Å². The number of carbonyl (C=O) groups is 1. The number of rotatable bonds is 9. The van der Waals surface area contributed by atoms with Gasteiger partial charge in [0.2, 0.25) is 0 Å². The van der Waals surface area contributed by atoms with Crippen LogP contribution in [0.1, 0.15) is 84.0 Å². The van der Waals surface area contributed by atoms with E-state index >= 15 is 0 Å². The molecule has 3 aliphatic carbocycles. The summed E-state index contributed by atoms with van der Waals surface area (Å²) in [5, 5.41) is 10.7. The lowest BCUT2D eigenvalue weighted by molar-refractivity contribution is -0.139. The predicted octanol–water partition coefficient (Wildman–Crippen LogP) is 4.52. The molecule has 6 unspecified atom stereocenters. The standard InChI is InChI=1S/C23H40O4/c1-2-3-13-26-14-15-27-18-11-12-21(22(24)16-18)23(25)20-10-6-8-17-7-4-5-9-19(17)20/h17-22,24H,2-16H2,1H3. The molecule has 0 aromatic heterocycles. The van der Waals surface area contributed by atoms with E-state index in [1.54, 1.807) is 0 Å². The van der Waals surface area contributed by atoms with Crippen LogP contribution in [-0.4, -0.2) is 42.9 Å². The third-order valence-corrected chi connectivity index (χ3v) is 7.30. The number of unbranched alkanes of at least 4 members (excludes halogenated alkanes) is 1. The maximum Gasteiger partial charge on any atom is 0.141 e. The zero-order chi connectivity index (χ0) is 19.1. The Bertz CT molecular complexity index is 450. The first-order valence-corrected chi connectivity index (χ1v) is 11.6. The summed E-state index contributed by atoms with van der Waals surface area (Å²) in [5.74, 6) is 1.80. The summed E-state index contributed by atoms with van der Waals surface area (Å²) < 4.78 is 11.4. The molecular weight excluding hydrogens is 340 g/mol. The number of hydrogen-bond donors (Lipinski definition) is 1. The molecule has 0 radical (unpaired) electrons. The molecule has 4 heteroatoms. The van der Waals surface area contributed by atoms with Crippen molar-refractivity contribution >= 4 is 5.78 Å². The van der Waals surface area contributed by atoms with Crippen LogP contribution >= 0.6 is 0 Å². The second-order valence-electron chi connectivity index (χ2n) is 9.09. The van der Waals surface area contributed by atoms with E-state index in [1.807, 2.05) is 0 Å². The van der Waals surface area contributed by atoms with E-state index in [0.29, 0.717) is 31.3 Å². The molecule has 6 atom stereocenters. The fourth-order valence-electron chi connectivity index (χ4n) is 5.78. The largest absolute Gasteiger partial charge is 0.392 e. The molecule has 0 bridgehead atoms. The Labute approximate surface area is 165 Å². The smallest absolute Gasteiger partial charge is 0.141 e. The van der Waals surface area contributed by atoms with Crippen LogP contribution in [0.2, 0.25) is 0 Å². The Hall–Kier alpha value is -0.450. The highest BCUT2D eigenvalue weighted by Gasteiger charge is 2.43. The van der Waals surface area contributed by atoms with Gasteiger partial charge in [0.15, 0.2) is 0 Å². The first-order chi connectivity index (χ1) is 13.2. The van der Waals surface area contributed by atoms with Crippen LogP contribution < -0.4 is 0 Å². The van der Waals surface area contributed by atoms with Crippen LogP contribution in [0.4, 0.5) is 0 Å². The Morgan fingerprint density at radius 2 is 1.74 bits per heavy atom. The second-order valence-corrected chi connectivity index (χ2v) is 9.09. The molecule has 27 heavy (non-hydrogen) atoms. The van der Waals surface area contributed by atoms with Gasteiger partial charge in [0, 0.05) is 24.9 Å². The molecule has 3 fully saturated rings. The number of carbonyl (C=O) groups excluding carboxylic acids is 1. The number of ether oxygens (including phenoxy) is 2. The molecule has 3 aliphatic rings. The lowest BCUT2D eigenvalue weighted by Gasteiger charge is -2.43. The van der Waals surface area contributed by atoms with Crippen molar-refractivity contribution in [3.05, 3.63) is 0 Å². The van der Waals surface area contributed by atoms with E-state index in [0.717, 1.165) is 44.6 Å². The monoisotopic (exact) mass is 380 g/mol. The summed E-state index contributed by atoms with van der Waals surface area (Å²) in [4.78, 5) is 13.3. The molecule has 3 rings (SSSR count). The minimum atomic E-state index is -0.527. The van der Waals surface area contributed by atoms with Gasteiger partial charge < -0.3 is 14.6 Å². The van der Waals surface area contributed by atoms with E-state index < -0.39 is 6.10 Å². The molecule has 0 aliphatic heterocycles. The Morgan fingerprint density at radius 1 is 0.926 bits per heavy atom. The summed E-state index contributed by atoms with van der Waals surface area (Å²) in [6.07, 6.45) is 12.8. The van der Waals surface area contributed by atoms with Gasteiger partial charge in [0.05, 0.1) is 25.4 Å². The maximum atomic E-state index is 13.3. The molecule has 4 nitrogen and oxygen atoms in total. The van der Waals surface area contributed by atoms with E-state index in [2.05, 4.69) is 6.92 Å². The molecule has 0 saturated heterocycles. The molecule has 3 saturated carbocycles. The minimum Gasteiger partial charge on any atom is -0.392 e. The number of aliphatic hydroxyl groups is 1. The van der Waals surface area contributed by atoms with E-state index in [-0.39, 0.29) is 17.9 Å². The number of hydrogen-bond acceptors (Lipinski definition) is 4. The normalized spacial score (nSPS) is 37.0. The fraction of sp³-hybridized carbons (Fsp3) is 0.957. The van der Waals surface area contributed by atoms with Gasteiger partial charge in [-0.05, 0) is 43.9 Å². The fourth-order valence-corrected chi connectivity index (χ4v) is 5.78. The predicted molar refractivity (Wildman–Crippen MR) is 107 cm³/mol. The van der Waals surface area contributed by atoms with Crippen LogP contribution in [-0.2, 0) is 14.3 Å². The van der Waals surface area contributed by atoms with E-state index in [4.69, 9.17) is 9.47 Å². The average Bonchev–Trinajstić information content (AvgIpc) is 2.70. The van der Waals surface area contributed by atoms with Gasteiger partial charge in [-0.15, -0.1) is 0 Å². The number of aliphatic hydroxyl groups excluding tert-OH is 1. The van der Waals surface area contributed by atoms with Crippen molar-refractivity contribution in [2.45, 2.75) is 96.2 Å². The molecule has 0 spiro atoms. The highest BCUT2D eigenvalue weighted by atomic mass is 16.5. The molecular formula is C23H40O4. The van der Waals surface area contributed by atoms with Gasteiger partial charge in [-0.3, -0.25) is 4.79 Å². The quantitative estimate of drug-likeness (QED) is 0.597. The van der Waals surface area contributed by atoms with Crippen molar-refractivity contribution in [2.24, 2.45) is 23.7 Å². The SMILES string of the molecule is CCCCOCCOC1CCC(C(=O)C2CCCC3CCCCC32)C(O)C1. The summed E-state index contributed by atoms with van der Waals surface area (Å²) in [5.41, 5.74) is 0. The van der Waals surface area contributed by atoms with Crippen LogP contribution in [0.3, 0.4) is 0 Å². The number of Topliss-reactive ketones (excluding diaryl/α,β-unsaturated/α-hetero) is 1. The molecule has 0 amide bonds. The van der Waals surface area contributed by atoms with Gasteiger partial charge in [-0.2, -0.15) is 0 Å². The van der Waals surface area contributed by atoms with Crippen LogP contribution in [0.5, 0.6) is 0 Å². The van der Waals surface area contributed by atoms with Crippen molar-refractivity contribution in [3.8, 4) is 0 Å². The lowest BCUT2D eigenvalue weighted by atomic mass is 9.62. The summed E-state index contributed by atoms with van der Waals surface area (Å²) >= 11 is 0. The van der Waals surface area contributed by atoms with Gasteiger partial charge in [0.25, 0.3) is 0 Å². The van der Waals surface area contributed by atoms with Gasteiger partial charge >= 0.3 is 0 Å². The average molecular weight is 381 g/mol. The Balaban J connectivity index is 1.43. The van der Waals surface area contributed by atoms with E-state index in [1.165, 1.54) is 38.5 Å². The van der Waals surface area contributed by atoms with E-state index in [9.17, 15) is 9.90 Å². The second kappa shape index (κ2) is 10.9. The third-order valence-electron chi connectivity index (χ3n) is 7.30. The third kappa shape index (κ3) is 5.77. The minimum absolute atomic E-state index is 0.0765. The zero-order valence-electron chi connectivity index (χ0n) is 17.2. The summed E-state index contributed by atoms with van der Waals surface area (Å²) in [6.45, 7) is 4.17. The van der Waals surface area contributed by atoms with Gasteiger partial charge in [-0.1, -0.05) is 45.4 Å². The molecule has 0 aromatic rings. The van der Waals surface area contributed by atoms with Crippen LogP contribution in [0.15, 0.2) is 0 Å². The molecule has 0 heterocycles. The lowest BCUT2D eigenvalue weighted by Crippen LogP contribution is -2.44. The molecule has 1 N–H and O–H groups in total. The van der Waals surface area contributed by atoms with Crippen molar-refractivity contribution in [2.75, 3.05) is 19.8 Å². The highest BCUT2D eigenvalue weighted by Crippen LogP contribution is 2.46. The summed E-state index contributed by atoms with van der Waals surface area (Å²) in [6, 6.07) is 0. The Kier molecular flexibility index (Phi) is 8.60. The molecule has 0 aromatic carbocycles. The van der Waals surface area contributed by atoms with Crippen molar-refractivity contribution in [1.29, 1.82) is 0 Å².